The van der Waals surface area contributed by atoms with Crippen LogP contribution < -0.4 is 5.73 Å². The smallest absolute Gasteiger partial charge is 0.0732 e. The SMILES string of the molecule is Cn1cc(-c2cnncc2N)cn1. The molecule has 2 heterocycles. The van der Waals surface area contributed by atoms with Crippen molar-refractivity contribution < 1.29 is 0 Å². The zero-order valence-electron chi connectivity index (χ0n) is 7.18. The lowest BCUT2D eigenvalue weighted by Crippen LogP contribution is -1.92. The minimum absolute atomic E-state index is 0.614. The third-order valence-corrected chi connectivity index (χ3v) is 1.78. The second-order valence-electron chi connectivity index (χ2n) is 2.76. The molecule has 2 aromatic heterocycles. The van der Waals surface area contributed by atoms with E-state index in [1.807, 2.05) is 13.2 Å². The Morgan fingerprint density at radius 3 is 2.62 bits per heavy atom. The van der Waals surface area contributed by atoms with Crippen LogP contribution in [0.15, 0.2) is 24.8 Å². The molecule has 0 aliphatic rings. The lowest BCUT2D eigenvalue weighted by atomic mass is 10.1. The highest BCUT2D eigenvalue weighted by molar-refractivity contribution is 5.73. The fourth-order valence-electron chi connectivity index (χ4n) is 1.13. The summed E-state index contributed by atoms with van der Waals surface area (Å²) in [4.78, 5) is 0. The van der Waals surface area contributed by atoms with Crippen LogP contribution in [0.2, 0.25) is 0 Å². The van der Waals surface area contributed by atoms with Gasteiger partial charge in [-0.15, -0.1) is 0 Å². The largest absolute Gasteiger partial charge is 0.397 e. The summed E-state index contributed by atoms with van der Waals surface area (Å²) in [7, 11) is 1.86. The zero-order valence-corrected chi connectivity index (χ0v) is 7.18. The van der Waals surface area contributed by atoms with Gasteiger partial charge < -0.3 is 5.73 Å². The standard InChI is InChI=1S/C8H9N5/c1-13-5-6(2-12-13)7-3-10-11-4-8(7)9/h2-5H,1H3,(H2,9,10). The Balaban J connectivity index is 2.52. The van der Waals surface area contributed by atoms with E-state index >= 15 is 0 Å². The molecule has 0 aromatic carbocycles. The number of nitrogen functional groups attached to an aromatic ring is 1. The summed E-state index contributed by atoms with van der Waals surface area (Å²) < 4.78 is 1.72. The minimum atomic E-state index is 0.614. The number of rotatable bonds is 1. The highest BCUT2D eigenvalue weighted by Gasteiger charge is 2.03. The molecule has 5 nitrogen and oxygen atoms in total. The summed E-state index contributed by atoms with van der Waals surface area (Å²) >= 11 is 0. The Labute approximate surface area is 75.2 Å². The van der Waals surface area contributed by atoms with Crippen LogP contribution in [0.5, 0.6) is 0 Å². The third kappa shape index (κ3) is 1.35. The predicted molar refractivity (Wildman–Crippen MR) is 48.6 cm³/mol. The first-order valence-electron chi connectivity index (χ1n) is 3.82. The normalized spacial score (nSPS) is 10.2. The van der Waals surface area contributed by atoms with Crippen LogP contribution in [-0.2, 0) is 7.05 Å². The molecule has 0 radical (unpaired) electrons. The van der Waals surface area contributed by atoms with Crippen molar-refractivity contribution in [3.05, 3.63) is 24.8 Å². The summed E-state index contributed by atoms with van der Waals surface area (Å²) in [5.74, 6) is 0. The van der Waals surface area contributed by atoms with Gasteiger partial charge in [0, 0.05) is 24.4 Å². The lowest BCUT2D eigenvalue weighted by Gasteiger charge is -1.98. The predicted octanol–water partition coefficient (Wildman–Crippen LogP) is 0.459. The van der Waals surface area contributed by atoms with Gasteiger partial charge in [-0.2, -0.15) is 15.3 Å². The van der Waals surface area contributed by atoms with Crippen molar-refractivity contribution in [2.24, 2.45) is 7.05 Å². The maximum absolute atomic E-state index is 5.72. The second-order valence-corrected chi connectivity index (χ2v) is 2.76. The van der Waals surface area contributed by atoms with Crippen molar-refractivity contribution in [1.29, 1.82) is 0 Å². The van der Waals surface area contributed by atoms with Crippen molar-refractivity contribution in [3.8, 4) is 11.1 Å². The molecular formula is C8H9N5. The number of anilines is 1. The lowest BCUT2D eigenvalue weighted by molar-refractivity contribution is 0.768. The van der Waals surface area contributed by atoms with Crippen LogP contribution in [0.4, 0.5) is 5.69 Å². The number of nitrogens with two attached hydrogens (primary N) is 1. The molecule has 5 heteroatoms. The summed E-state index contributed by atoms with van der Waals surface area (Å²) in [6, 6.07) is 0. The van der Waals surface area contributed by atoms with E-state index in [9.17, 15) is 0 Å². The van der Waals surface area contributed by atoms with Gasteiger partial charge in [0.15, 0.2) is 0 Å². The fourth-order valence-corrected chi connectivity index (χ4v) is 1.13. The average molecular weight is 175 g/mol. The van der Waals surface area contributed by atoms with E-state index in [4.69, 9.17) is 5.73 Å². The quantitative estimate of drug-likeness (QED) is 0.683. The van der Waals surface area contributed by atoms with Gasteiger partial charge in [-0.05, 0) is 0 Å². The van der Waals surface area contributed by atoms with E-state index in [2.05, 4.69) is 15.3 Å². The molecule has 0 saturated carbocycles. The third-order valence-electron chi connectivity index (χ3n) is 1.78. The number of aromatic nitrogens is 4. The Morgan fingerprint density at radius 2 is 2.00 bits per heavy atom. The topological polar surface area (TPSA) is 69.6 Å². The molecular weight excluding hydrogens is 166 g/mol. The van der Waals surface area contributed by atoms with Crippen LogP contribution in [0, 0.1) is 0 Å². The molecule has 0 atom stereocenters. The number of nitrogens with zero attached hydrogens (tertiary/aromatic N) is 4. The first-order valence-corrected chi connectivity index (χ1v) is 3.82. The first kappa shape index (κ1) is 7.72. The van der Waals surface area contributed by atoms with Crippen molar-refractivity contribution in [2.45, 2.75) is 0 Å². The van der Waals surface area contributed by atoms with E-state index in [0.717, 1.165) is 11.1 Å². The monoisotopic (exact) mass is 175 g/mol. The molecule has 2 aromatic rings. The molecule has 0 aliphatic heterocycles. The van der Waals surface area contributed by atoms with Crippen LogP contribution in [0.1, 0.15) is 0 Å². The van der Waals surface area contributed by atoms with Gasteiger partial charge >= 0.3 is 0 Å². The van der Waals surface area contributed by atoms with Gasteiger partial charge in [-0.1, -0.05) is 0 Å². The summed E-state index contributed by atoms with van der Waals surface area (Å²) in [5, 5.41) is 11.5. The summed E-state index contributed by atoms with van der Waals surface area (Å²) in [5.41, 5.74) is 8.15. The van der Waals surface area contributed by atoms with Gasteiger partial charge in [0.2, 0.25) is 0 Å². The van der Waals surface area contributed by atoms with Crippen molar-refractivity contribution in [2.75, 3.05) is 5.73 Å². The fraction of sp³-hybridized carbons (Fsp3) is 0.125. The van der Waals surface area contributed by atoms with Crippen LogP contribution in [-0.4, -0.2) is 20.0 Å². The Kier molecular flexibility index (Phi) is 1.70. The van der Waals surface area contributed by atoms with E-state index in [-0.39, 0.29) is 0 Å². The average Bonchev–Trinajstić information content (AvgIpc) is 2.53. The van der Waals surface area contributed by atoms with E-state index < -0.39 is 0 Å². The molecule has 0 bridgehead atoms. The number of aryl methyl sites for hydroxylation is 1. The second kappa shape index (κ2) is 2.85. The van der Waals surface area contributed by atoms with Gasteiger partial charge in [0.05, 0.1) is 24.3 Å². The Bertz CT molecular complexity index is 420. The van der Waals surface area contributed by atoms with E-state index in [0.29, 0.717) is 5.69 Å². The van der Waals surface area contributed by atoms with E-state index in [1.54, 1.807) is 17.1 Å². The van der Waals surface area contributed by atoms with Crippen LogP contribution in [0.3, 0.4) is 0 Å². The van der Waals surface area contributed by atoms with Crippen molar-refractivity contribution in [3.63, 3.8) is 0 Å². The number of hydrogen-bond acceptors (Lipinski definition) is 4. The minimum Gasteiger partial charge on any atom is -0.397 e. The first-order chi connectivity index (χ1) is 6.27. The molecule has 0 fully saturated rings. The molecule has 2 N–H and O–H groups in total. The van der Waals surface area contributed by atoms with Gasteiger partial charge in [0.25, 0.3) is 0 Å². The van der Waals surface area contributed by atoms with Gasteiger partial charge in [-0.25, -0.2) is 0 Å². The number of hydrogen-bond donors (Lipinski definition) is 1. The summed E-state index contributed by atoms with van der Waals surface area (Å²) in [6.45, 7) is 0. The van der Waals surface area contributed by atoms with Crippen LogP contribution >= 0.6 is 0 Å². The highest BCUT2D eigenvalue weighted by atomic mass is 15.2. The molecule has 13 heavy (non-hydrogen) atoms. The molecule has 0 amide bonds. The zero-order chi connectivity index (χ0) is 9.26. The molecule has 0 unspecified atom stereocenters. The van der Waals surface area contributed by atoms with Crippen LogP contribution in [0.25, 0.3) is 11.1 Å². The van der Waals surface area contributed by atoms with E-state index in [1.165, 1.54) is 6.20 Å². The maximum atomic E-state index is 5.72. The Hall–Kier alpha value is -1.91. The highest BCUT2D eigenvalue weighted by Crippen LogP contribution is 2.22. The molecule has 0 saturated heterocycles. The Morgan fingerprint density at radius 1 is 1.23 bits per heavy atom. The molecule has 0 spiro atoms. The van der Waals surface area contributed by atoms with Gasteiger partial charge in [0.1, 0.15) is 0 Å². The maximum Gasteiger partial charge on any atom is 0.0732 e. The molecule has 2 rings (SSSR count). The van der Waals surface area contributed by atoms with Crippen molar-refractivity contribution in [1.82, 2.24) is 20.0 Å². The molecule has 66 valence electrons. The van der Waals surface area contributed by atoms with Crippen molar-refractivity contribution >= 4 is 5.69 Å². The van der Waals surface area contributed by atoms with Gasteiger partial charge in [-0.3, -0.25) is 4.68 Å². The summed E-state index contributed by atoms with van der Waals surface area (Å²) in [6.07, 6.45) is 6.79. The molecule has 0 aliphatic carbocycles.